The predicted octanol–water partition coefficient (Wildman–Crippen LogP) is 2.34. The van der Waals surface area contributed by atoms with Crippen LogP contribution in [0.2, 0.25) is 0 Å². The second-order valence-corrected chi connectivity index (χ2v) is 6.44. The van der Waals surface area contributed by atoms with Crippen molar-refractivity contribution in [1.29, 1.82) is 0 Å². The van der Waals surface area contributed by atoms with Crippen LogP contribution in [0.1, 0.15) is 35.3 Å². The van der Waals surface area contributed by atoms with E-state index < -0.39 is 29.2 Å². The van der Waals surface area contributed by atoms with Crippen LogP contribution in [0.15, 0.2) is 39.9 Å². The van der Waals surface area contributed by atoms with Gasteiger partial charge >= 0.3 is 12.1 Å². The SMILES string of the molecule is CN1C(=O)CC(C)(c2cccc(NC(=O)c3coc(C(F)(F)F)n3)c2)N=C1N. The quantitative estimate of drug-likeness (QED) is 0.828. The Bertz CT molecular complexity index is 969. The molecular weight excluding hydrogens is 379 g/mol. The Balaban J connectivity index is 1.83. The number of nitrogens with two attached hydrogens (primary N) is 1. The molecule has 2 heterocycles. The molecule has 2 aromatic rings. The van der Waals surface area contributed by atoms with Gasteiger partial charge in [-0.3, -0.25) is 14.5 Å². The van der Waals surface area contributed by atoms with E-state index in [1.54, 1.807) is 31.2 Å². The van der Waals surface area contributed by atoms with Crippen LogP contribution in [0.3, 0.4) is 0 Å². The molecule has 1 unspecified atom stereocenters. The highest BCUT2D eigenvalue weighted by atomic mass is 19.4. The Morgan fingerprint density at radius 1 is 1.39 bits per heavy atom. The first-order chi connectivity index (χ1) is 13.0. The first-order valence-electron chi connectivity index (χ1n) is 8.06. The van der Waals surface area contributed by atoms with E-state index in [2.05, 4.69) is 19.7 Å². The molecule has 0 saturated carbocycles. The summed E-state index contributed by atoms with van der Waals surface area (Å²) in [7, 11) is 1.52. The zero-order chi connectivity index (χ0) is 20.7. The summed E-state index contributed by atoms with van der Waals surface area (Å²) in [5.74, 6) is -2.53. The highest BCUT2D eigenvalue weighted by Gasteiger charge is 2.38. The highest BCUT2D eigenvalue weighted by Crippen LogP contribution is 2.34. The van der Waals surface area contributed by atoms with E-state index in [9.17, 15) is 22.8 Å². The van der Waals surface area contributed by atoms with E-state index in [-0.39, 0.29) is 18.3 Å². The van der Waals surface area contributed by atoms with Gasteiger partial charge in [0.2, 0.25) is 5.91 Å². The molecule has 8 nitrogen and oxygen atoms in total. The topological polar surface area (TPSA) is 114 Å². The molecule has 148 valence electrons. The molecule has 1 aliphatic rings. The van der Waals surface area contributed by atoms with Crippen LogP contribution in [0.4, 0.5) is 18.9 Å². The number of anilines is 1. The number of hydrogen-bond donors (Lipinski definition) is 2. The highest BCUT2D eigenvalue weighted by molar-refractivity contribution is 6.03. The molecule has 2 amide bonds. The van der Waals surface area contributed by atoms with E-state index in [4.69, 9.17) is 5.73 Å². The summed E-state index contributed by atoms with van der Waals surface area (Å²) in [5, 5.41) is 2.45. The number of nitrogens with one attached hydrogen (secondary N) is 1. The van der Waals surface area contributed by atoms with Gasteiger partial charge in [0.15, 0.2) is 11.7 Å². The maximum Gasteiger partial charge on any atom is 0.468 e. The number of guanidine groups is 1. The van der Waals surface area contributed by atoms with Crippen LogP contribution >= 0.6 is 0 Å². The number of halogens is 3. The maximum absolute atomic E-state index is 12.5. The van der Waals surface area contributed by atoms with E-state index in [0.717, 1.165) is 0 Å². The predicted molar refractivity (Wildman–Crippen MR) is 92.3 cm³/mol. The Labute approximate surface area is 157 Å². The molecule has 1 aromatic heterocycles. The third-order valence-electron chi connectivity index (χ3n) is 4.30. The van der Waals surface area contributed by atoms with Crippen LogP contribution in [0.5, 0.6) is 0 Å². The van der Waals surface area contributed by atoms with Gasteiger partial charge in [0, 0.05) is 12.7 Å². The number of hydrogen-bond acceptors (Lipinski definition) is 6. The smallest absolute Gasteiger partial charge is 0.441 e. The molecule has 1 aliphatic heterocycles. The van der Waals surface area contributed by atoms with E-state index >= 15 is 0 Å². The summed E-state index contributed by atoms with van der Waals surface area (Å²) >= 11 is 0. The lowest BCUT2D eigenvalue weighted by molar-refractivity contribution is -0.157. The summed E-state index contributed by atoms with van der Waals surface area (Å²) in [4.78, 5) is 33.0. The Hall–Kier alpha value is -3.37. The third kappa shape index (κ3) is 3.68. The summed E-state index contributed by atoms with van der Waals surface area (Å²) < 4.78 is 41.9. The number of oxazole rings is 1. The minimum atomic E-state index is -4.79. The first-order valence-corrected chi connectivity index (χ1v) is 8.06. The zero-order valence-electron chi connectivity index (χ0n) is 14.9. The summed E-state index contributed by atoms with van der Waals surface area (Å²) in [6, 6.07) is 6.44. The molecule has 0 radical (unpaired) electrons. The average molecular weight is 395 g/mol. The number of amides is 2. The van der Waals surface area contributed by atoms with Gasteiger partial charge in [0.1, 0.15) is 6.26 Å². The number of carbonyl (C=O) groups excluding carboxylic acids is 2. The summed E-state index contributed by atoms with van der Waals surface area (Å²) in [5.41, 5.74) is 5.23. The second-order valence-electron chi connectivity index (χ2n) is 6.44. The second kappa shape index (κ2) is 6.66. The van der Waals surface area contributed by atoms with Crippen molar-refractivity contribution in [2.75, 3.05) is 12.4 Å². The van der Waals surface area contributed by atoms with Crippen molar-refractivity contribution < 1.29 is 27.2 Å². The minimum Gasteiger partial charge on any atom is -0.441 e. The zero-order valence-corrected chi connectivity index (χ0v) is 14.9. The molecule has 0 fully saturated rings. The van der Waals surface area contributed by atoms with E-state index in [1.807, 2.05) is 0 Å². The maximum atomic E-state index is 12.5. The van der Waals surface area contributed by atoms with Crippen LogP contribution < -0.4 is 11.1 Å². The number of carbonyl (C=O) groups is 2. The van der Waals surface area contributed by atoms with Crippen molar-refractivity contribution >= 4 is 23.5 Å². The molecule has 0 bridgehead atoms. The molecule has 3 rings (SSSR count). The number of alkyl halides is 3. The Kier molecular flexibility index (Phi) is 4.61. The lowest BCUT2D eigenvalue weighted by atomic mass is 9.87. The van der Waals surface area contributed by atoms with Gasteiger partial charge in [0.05, 0.1) is 12.0 Å². The van der Waals surface area contributed by atoms with E-state index in [1.165, 1.54) is 11.9 Å². The van der Waals surface area contributed by atoms with Crippen LogP contribution in [-0.4, -0.2) is 34.7 Å². The molecule has 0 saturated heterocycles. The number of aliphatic imine (C=N–C) groups is 1. The van der Waals surface area contributed by atoms with Crippen molar-refractivity contribution in [2.24, 2.45) is 10.7 Å². The van der Waals surface area contributed by atoms with Gasteiger partial charge in [0.25, 0.3) is 5.91 Å². The summed E-state index contributed by atoms with van der Waals surface area (Å²) in [6.07, 6.45) is -4.09. The van der Waals surface area contributed by atoms with Crippen molar-refractivity contribution in [3.63, 3.8) is 0 Å². The monoisotopic (exact) mass is 395 g/mol. The van der Waals surface area contributed by atoms with Crippen molar-refractivity contribution in [1.82, 2.24) is 9.88 Å². The van der Waals surface area contributed by atoms with Gasteiger partial charge in [-0.15, -0.1) is 0 Å². The average Bonchev–Trinajstić information content (AvgIpc) is 3.10. The molecule has 0 aliphatic carbocycles. The molecule has 0 spiro atoms. The number of nitrogens with zero attached hydrogens (tertiary/aromatic N) is 3. The minimum absolute atomic E-state index is 0.0652. The largest absolute Gasteiger partial charge is 0.468 e. The number of benzene rings is 1. The normalized spacial score (nSPS) is 20.1. The van der Waals surface area contributed by atoms with Crippen molar-refractivity contribution in [3.8, 4) is 0 Å². The Morgan fingerprint density at radius 3 is 2.71 bits per heavy atom. The van der Waals surface area contributed by atoms with Crippen molar-refractivity contribution in [3.05, 3.63) is 47.7 Å². The fourth-order valence-corrected chi connectivity index (χ4v) is 2.71. The summed E-state index contributed by atoms with van der Waals surface area (Å²) in [6.45, 7) is 1.72. The van der Waals surface area contributed by atoms with Gasteiger partial charge in [-0.1, -0.05) is 12.1 Å². The standard InChI is InChI=1S/C17H16F3N5O3/c1-16(7-12(26)25(2)15(21)24-16)9-4-3-5-10(6-9)22-13(27)11-8-28-14(23-11)17(18,19)20/h3-6,8H,7H2,1-2H3,(H2,21,24)(H,22,27). The third-order valence-corrected chi connectivity index (χ3v) is 4.30. The molecule has 11 heteroatoms. The Morgan fingerprint density at radius 2 is 2.11 bits per heavy atom. The lowest BCUT2D eigenvalue weighted by Crippen LogP contribution is -2.47. The molecule has 1 aromatic carbocycles. The molecule has 3 N–H and O–H groups in total. The number of rotatable bonds is 3. The van der Waals surface area contributed by atoms with Crippen LogP contribution in [0, 0.1) is 0 Å². The van der Waals surface area contributed by atoms with Gasteiger partial charge < -0.3 is 15.5 Å². The fourth-order valence-electron chi connectivity index (χ4n) is 2.71. The van der Waals surface area contributed by atoms with Gasteiger partial charge in [-0.05, 0) is 24.6 Å². The van der Waals surface area contributed by atoms with Gasteiger partial charge in [-0.2, -0.15) is 13.2 Å². The molecular formula is C17H16F3N5O3. The number of aromatic nitrogens is 1. The molecule has 1 atom stereocenters. The van der Waals surface area contributed by atoms with Crippen molar-refractivity contribution in [2.45, 2.75) is 25.1 Å². The van der Waals surface area contributed by atoms with E-state index in [0.29, 0.717) is 17.5 Å². The molecule has 28 heavy (non-hydrogen) atoms. The van der Waals surface area contributed by atoms with Crippen LogP contribution in [0.25, 0.3) is 0 Å². The first kappa shape index (κ1) is 19.4. The van der Waals surface area contributed by atoms with Crippen LogP contribution in [-0.2, 0) is 16.5 Å². The van der Waals surface area contributed by atoms with Gasteiger partial charge in [-0.25, -0.2) is 9.98 Å². The lowest BCUT2D eigenvalue weighted by Gasteiger charge is -2.33. The fraction of sp³-hybridized carbons (Fsp3) is 0.294.